The second-order valence-electron chi connectivity index (χ2n) is 6.39. The molecule has 0 bridgehead atoms. The summed E-state index contributed by atoms with van der Waals surface area (Å²) in [5.41, 5.74) is 3.33. The molecule has 2 aliphatic heterocycles. The van der Waals surface area contributed by atoms with Gasteiger partial charge in [0.2, 0.25) is 0 Å². The van der Waals surface area contributed by atoms with Gasteiger partial charge in [-0.3, -0.25) is 4.79 Å². The number of nitrogens with one attached hydrogen (secondary N) is 1. The van der Waals surface area contributed by atoms with Crippen LogP contribution < -0.4 is 5.32 Å². The summed E-state index contributed by atoms with van der Waals surface area (Å²) in [6.45, 7) is 2.78. The zero-order chi connectivity index (χ0) is 14.8. The molecule has 1 amide bonds. The first-order valence-electron chi connectivity index (χ1n) is 7.97. The first-order chi connectivity index (χ1) is 10.1. The fourth-order valence-electron chi connectivity index (χ4n) is 3.38. The van der Waals surface area contributed by atoms with Crippen molar-refractivity contribution in [3.63, 3.8) is 0 Å². The number of anilines is 1. The molecule has 0 spiro atoms. The summed E-state index contributed by atoms with van der Waals surface area (Å²) in [5, 5.41) is 3.40. The molecule has 1 fully saturated rings. The summed E-state index contributed by atoms with van der Waals surface area (Å²) in [7, 11) is 4.25. The lowest BCUT2D eigenvalue weighted by molar-refractivity contribution is 0.0663. The Labute approximate surface area is 127 Å². The third kappa shape index (κ3) is 3.05. The van der Waals surface area contributed by atoms with Crippen molar-refractivity contribution in [3.05, 3.63) is 29.3 Å². The highest BCUT2D eigenvalue weighted by Gasteiger charge is 2.25. The molecule has 4 nitrogen and oxygen atoms in total. The van der Waals surface area contributed by atoms with Gasteiger partial charge >= 0.3 is 0 Å². The fourth-order valence-corrected chi connectivity index (χ4v) is 3.38. The Morgan fingerprint density at radius 3 is 2.76 bits per heavy atom. The van der Waals surface area contributed by atoms with Gasteiger partial charge in [-0.15, -0.1) is 0 Å². The second-order valence-corrected chi connectivity index (χ2v) is 6.39. The third-order valence-corrected chi connectivity index (χ3v) is 4.77. The third-order valence-electron chi connectivity index (χ3n) is 4.77. The molecular formula is C17H25N3O. The maximum atomic E-state index is 12.7. The molecule has 2 heterocycles. The lowest BCUT2D eigenvalue weighted by atomic mass is 9.99. The number of aryl methyl sites for hydroxylation is 1. The van der Waals surface area contributed by atoms with E-state index in [4.69, 9.17) is 0 Å². The Morgan fingerprint density at radius 1 is 1.29 bits per heavy atom. The van der Waals surface area contributed by atoms with Gasteiger partial charge in [0.15, 0.2) is 0 Å². The van der Waals surface area contributed by atoms with E-state index in [1.54, 1.807) is 0 Å². The normalized spacial score (nSPS) is 19.3. The molecule has 1 aromatic carbocycles. The summed E-state index contributed by atoms with van der Waals surface area (Å²) < 4.78 is 0. The minimum Gasteiger partial charge on any atom is -0.385 e. The largest absolute Gasteiger partial charge is 0.385 e. The van der Waals surface area contributed by atoms with E-state index in [9.17, 15) is 4.79 Å². The number of carbonyl (C=O) groups is 1. The van der Waals surface area contributed by atoms with Gasteiger partial charge in [-0.25, -0.2) is 0 Å². The number of hydrogen-bond acceptors (Lipinski definition) is 3. The van der Waals surface area contributed by atoms with Gasteiger partial charge < -0.3 is 15.1 Å². The average Bonchev–Trinajstić information content (AvgIpc) is 2.54. The van der Waals surface area contributed by atoms with E-state index < -0.39 is 0 Å². The van der Waals surface area contributed by atoms with E-state index in [1.807, 2.05) is 11.0 Å². The van der Waals surface area contributed by atoms with Crippen LogP contribution in [-0.2, 0) is 6.42 Å². The van der Waals surface area contributed by atoms with Crippen LogP contribution in [0.25, 0.3) is 0 Å². The number of piperidine rings is 1. The van der Waals surface area contributed by atoms with Gasteiger partial charge in [0.25, 0.3) is 5.91 Å². The molecule has 0 saturated carbocycles. The number of nitrogens with zero attached hydrogens (tertiary/aromatic N) is 2. The van der Waals surface area contributed by atoms with Crippen LogP contribution in [0.15, 0.2) is 18.2 Å². The average molecular weight is 287 g/mol. The molecular weight excluding hydrogens is 262 g/mol. The lowest BCUT2D eigenvalue weighted by Gasteiger charge is -2.35. The smallest absolute Gasteiger partial charge is 0.253 e. The van der Waals surface area contributed by atoms with Gasteiger partial charge in [-0.2, -0.15) is 0 Å². The van der Waals surface area contributed by atoms with Crippen molar-refractivity contribution in [2.75, 3.05) is 39.0 Å². The molecule has 114 valence electrons. The number of carbonyl (C=O) groups excluding carboxylic acids is 1. The minimum atomic E-state index is 0.195. The van der Waals surface area contributed by atoms with E-state index in [-0.39, 0.29) is 5.91 Å². The van der Waals surface area contributed by atoms with Gasteiger partial charge in [-0.05, 0) is 63.5 Å². The van der Waals surface area contributed by atoms with Crippen molar-refractivity contribution in [2.24, 2.45) is 0 Å². The van der Waals surface area contributed by atoms with Gasteiger partial charge in [-0.1, -0.05) is 0 Å². The molecule has 1 aromatic rings. The summed E-state index contributed by atoms with van der Waals surface area (Å²) in [6.07, 6.45) is 4.38. The number of fused-ring (bicyclic) bond motifs is 1. The topological polar surface area (TPSA) is 35.6 Å². The highest BCUT2D eigenvalue weighted by Crippen LogP contribution is 2.24. The van der Waals surface area contributed by atoms with Gasteiger partial charge in [0.05, 0.1) is 0 Å². The number of benzene rings is 1. The Kier molecular flexibility index (Phi) is 4.15. The summed E-state index contributed by atoms with van der Waals surface area (Å²) in [5.74, 6) is 0.195. The molecule has 0 unspecified atom stereocenters. The molecule has 4 heteroatoms. The first-order valence-corrected chi connectivity index (χ1v) is 7.97. The Balaban J connectivity index is 1.68. The van der Waals surface area contributed by atoms with Crippen molar-refractivity contribution in [3.8, 4) is 0 Å². The summed E-state index contributed by atoms with van der Waals surface area (Å²) >= 11 is 0. The quantitative estimate of drug-likeness (QED) is 0.906. The van der Waals surface area contributed by atoms with E-state index in [1.165, 1.54) is 11.3 Å². The molecule has 1 N–H and O–H groups in total. The standard InChI is InChI=1S/C17H25N3O/c1-19(2)15-7-10-20(11-8-15)17(21)14-5-6-16-13(12-14)4-3-9-18-16/h5-6,12,15,18H,3-4,7-11H2,1-2H3. The molecule has 0 atom stereocenters. The lowest BCUT2D eigenvalue weighted by Crippen LogP contribution is -2.44. The second kappa shape index (κ2) is 6.06. The van der Waals surface area contributed by atoms with E-state index in [2.05, 4.69) is 36.4 Å². The van der Waals surface area contributed by atoms with Crippen LogP contribution in [0.3, 0.4) is 0 Å². The number of hydrogen-bond donors (Lipinski definition) is 1. The van der Waals surface area contributed by atoms with Crippen LogP contribution in [0.4, 0.5) is 5.69 Å². The Bertz CT molecular complexity index is 519. The molecule has 0 radical (unpaired) electrons. The zero-order valence-electron chi connectivity index (χ0n) is 13.1. The number of likely N-dealkylation sites (tertiary alicyclic amines) is 1. The van der Waals surface area contributed by atoms with Crippen molar-refractivity contribution in [1.29, 1.82) is 0 Å². The molecule has 21 heavy (non-hydrogen) atoms. The molecule has 2 aliphatic rings. The fraction of sp³-hybridized carbons (Fsp3) is 0.588. The first kappa shape index (κ1) is 14.4. The zero-order valence-corrected chi connectivity index (χ0v) is 13.1. The Hall–Kier alpha value is -1.55. The summed E-state index contributed by atoms with van der Waals surface area (Å²) in [4.78, 5) is 16.9. The van der Waals surface area contributed by atoms with E-state index >= 15 is 0 Å². The maximum absolute atomic E-state index is 12.7. The van der Waals surface area contributed by atoms with Crippen LogP contribution in [0.2, 0.25) is 0 Å². The van der Waals surface area contributed by atoms with Crippen molar-refractivity contribution >= 4 is 11.6 Å². The predicted molar refractivity (Wildman–Crippen MR) is 85.9 cm³/mol. The number of amides is 1. The highest BCUT2D eigenvalue weighted by atomic mass is 16.2. The van der Waals surface area contributed by atoms with Gasteiger partial charge in [0, 0.05) is 36.9 Å². The van der Waals surface area contributed by atoms with E-state index in [0.717, 1.165) is 50.9 Å². The monoisotopic (exact) mass is 287 g/mol. The molecule has 3 rings (SSSR count). The van der Waals surface area contributed by atoms with E-state index in [0.29, 0.717) is 6.04 Å². The SMILES string of the molecule is CN(C)C1CCN(C(=O)c2ccc3c(c2)CCCN3)CC1. The van der Waals surface area contributed by atoms with Gasteiger partial charge in [0.1, 0.15) is 0 Å². The Morgan fingerprint density at radius 2 is 2.05 bits per heavy atom. The maximum Gasteiger partial charge on any atom is 0.253 e. The van der Waals surface area contributed by atoms with Crippen LogP contribution in [0, 0.1) is 0 Å². The van der Waals surface area contributed by atoms with Crippen molar-refractivity contribution in [1.82, 2.24) is 9.80 Å². The predicted octanol–water partition coefficient (Wildman–Crippen LogP) is 2.21. The van der Waals surface area contributed by atoms with Crippen LogP contribution in [-0.4, -0.2) is 55.5 Å². The van der Waals surface area contributed by atoms with Crippen molar-refractivity contribution in [2.45, 2.75) is 31.7 Å². The molecule has 0 aromatic heterocycles. The highest BCUT2D eigenvalue weighted by molar-refractivity contribution is 5.95. The summed E-state index contributed by atoms with van der Waals surface area (Å²) in [6, 6.07) is 6.73. The number of rotatable bonds is 2. The van der Waals surface area contributed by atoms with Crippen LogP contribution in [0.1, 0.15) is 35.2 Å². The van der Waals surface area contributed by atoms with Crippen molar-refractivity contribution < 1.29 is 4.79 Å². The minimum absolute atomic E-state index is 0.195. The molecule has 1 saturated heterocycles. The van der Waals surface area contributed by atoms with Crippen LogP contribution >= 0.6 is 0 Å². The van der Waals surface area contributed by atoms with Crippen LogP contribution in [0.5, 0.6) is 0 Å². The molecule has 0 aliphatic carbocycles.